The van der Waals surface area contributed by atoms with Crippen molar-refractivity contribution in [1.29, 1.82) is 0 Å². The van der Waals surface area contributed by atoms with Gasteiger partial charge in [0.2, 0.25) is 5.91 Å². The zero-order valence-electron chi connectivity index (χ0n) is 23.6. The first-order valence-corrected chi connectivity index (χ1v) is 14.5. The van der Waals surface area contributed by atoms with E-state index in [9.17, 15) is 4.79 Å². The van der Waals surface area contributed by atoms with Crippen LogP contribution in [0.4, 0.5) is 11.4 Å². The SMILES string of the molecule is C=O.CNCCN(C)CCCC1=C(N(N)c2ccc(NC(=O)CNCc3ccccc3)cc2)c2ccsc2CC1. The molecule has 5 N–H and O–H groups in total. The Labute approximate surface area is 242 Å². The Balaban J connectivity index is 0.00000216. The number of hydrogen-bond acceptors (Lipinski definition) is 8. The highest BCUT2D eigenvalue weighted by Gasteiger charge is 2.24. The Hall–Kier alpha value is -3.34. The second-order valence-electron chi connectivity index (χ2n) is 9.77. The smallest absolute Gasteiger partial charge is 0.238 e. The van der Waals surface area contributed by atoms with Crippen molar-refractivity contribution in [1.82, 2.24) is 15.5 Å². The number of allylic oxidation sites excluding steroid dienone is 1. The Morgan fingerprint density at radius 3 is 2.50 bits per heavy atom. The van der Waals surface area contributed by atoms with E-state index in [1.54, 1.807) is 0 Å². The van der Waals surface area contributed by atoms with Crippen molar-refractivity contribution in [2.75, 3.05) is 50.6 Å². The molecule has 0 spiro atoms. The lowest BCUT2D eigenvalue weighted by atomic mass is 9.91. The third kappa shape index (κ3) is 9.11. The zero-order valence-corrected chi connectivity index (χ0v) is 24.4. The Morgan fingerprint density at radius 1 is 1.02 bits per heavy atom. The molecule has 0 saturated heterocycles. The summed E-state index contributed by atoms with van der Waals surface area (Å²) in [5.41, 5.74) is 6.62. The van der Waals surface area contributed by atoms with Gasteiger partial charge in [-0.2, -0.15) is 0 Å². The average Bonchev–Trinajstić information content (AvgIpc) is 3.46. The molecule has 0 saturated carbocycles. The van der Waals surface area contributed by atoms with E-state index in [2.05, 4.69) is 39.3 Å². The van der Waals surface area contributed by atoms with Gasteiger partial charge in [0.25, 0.3) is 0 Å². The standard InChI is InChI=1S/C30H40N6OS.CH2O/c1-32-17-19-35(2)18-6-9-24-10-15-28-27(16-20-38-28)30(24)36(31)26-13-11-25(12-14-26)34-29(37)22-33-21-23-7-4-3-5-8-23;1-2/h3-5,7-8,11-14,16,20,32-33H,6,9-10,15,17-19,21-22,31H2,1-2H3,(H,34,37);1H2. The van der Waals surface area contributed by atoms with Gasteiger partial charge in [0.05, 0.1) is 17.9 Å². The highest BCUT2D eigenvalue weighted by atomic mass is 32.1. The van der Waals surface area contributed by atoms with Crippen LogP contribution in [0.15, 0.2) is 71.6 Å². The van der Waals surface area contributed by atoms with Crippen LogP contribution in [0.3, 0.4) is 0 Å². The summed E-state index contributed by atoms with van der Waals surface area (Å²) in [6, 6.07) is 20.0. The normalized spacial score (nSPS) is 12.5. The lowest BCUT2D eigenvalue weighted by Crippen LogP contribution is -2.32. The Morgan fingerprint density at radius 2 is 1.77 bits per heavy atom. The summed E-state index contributed by atoms with van der Waals surface area (Å²) in [7, 11) is 4.17. The second kappa shape index (κ2) is 16.7. The minimum Gasteiger partial charge on any atom is -0.325 e. The number of carbonyl (C=O) groups excluding carboxylic acids is 2. The van der Waals surface area contributed by atoms with Crippen LogP contribution in [0.25, 0.3) is 5.70 Å². The third-order valence-corrected chi connectivity index (χ3v) is 7.86. The Bertz CT molecular complexity index is 1210. The first kappa shape index (κ1) is 31.2. The number of benzene rings is 2. The maximum Gasteiger partial charge on any atom is 0.238 e. The summed E-state index contributed by atoms with van der Waals surface area (Å²) < 4.78 is 0. The molecular weight excluding hydrogens is 520 g/mol. The fourth-order valence-corrected chi connectivity index (χ4v) is 5.67. The van der Waals surface area contributed by atoms with Crippen molar-refractivity contribution in [3.05, 3.63) is 87.6 Å². The molecular formula is C31H42N6O2S. The first-order valence-electron chi connectivity index (χ1n) is 13.7. The number of hydrogen-bond donors (Lipinski definition) is 4. The van der Waals surface area contributed by atoms with Gasteiger partial charge in [0.1, 0.15) is 6.79 Å². The number of aryl methyl sites for hydroxylation is 1. The molecule has 3 aromatic rings. The van der Waals surface area contributed by atoms with Crippen LogP contribution in [-0.2, 0) is 22.6 Å². The molecule has 1 aliphatic carbocycles. The van der Waals surface area contributed by atoms with E-state index in [1.165, 1.54) is 16.0 Å². The lowest BCUT2D eigenvalue weighted by Gasteiger charge is -2.29. The molecule has 0 unspecified atom stereocenters. The monoisotopic (exact) mass is 562 g/mol. The molecule has 1 amide bonds. The topological polar surface area (TPSA) is 103 Å². The molecule has 4 rings (SSSR count). The predicted octanol–water partition coefficient (Wildman–Crippen LogP) is 4.26. The molecule has 2 aromatic carbocycles. The Kier molecular flexibility index (Phi) is 13.0. The zero-order chi connectivity index (χ0) is 28.7. The minimum absolute atomic E-state index is 0.0711. The number of hydrazine groups is 1. The number of nitrogens with two attached hydrogens (primary N) is 1. The van der Waals surface area contributed by atoms with Crippen LogP contribution >= 0.6 is 11.3 Å². The maximum absolute atomic E-state index is 12.4. The molecule has 1 aromatic heterocycles. The molecule has 0 aliphatic heterocycles. The van der Waals surface area contributed by atoms with Crippen molar-refractivity contribution in [3.8, 4) is 0 Å². The number of thiophene rings is 1. The number of fused-ring (bicyclic) bond motifs is 1. The van der Waals surface area contributed by atoms with Crippen molar-refractivity contribution in [2.45, 2.75) is 32.2 Å². The van der Waals surface area contributed by atoms with Crippen LogP contribution < -0.4 is 26.8 Å². The molecule has 0 atom stereocenters. The second-order valence-corrected chi connectivity index (χ2v) is 10.8. The summed E-state index contributed by atoms with van der Waals surface area (Å²) in [5.74, 6) is 6.70. The van der Waals surface area contributed by atoms with Crippen molar-refractivity contribution in [3.63, 3.8) is 0 Å². The number of likely N-dealkylation sites (N-methyl/N-ethyl adjacent to an activating group) is 2. The molecule has 0 fully saturated rings. The van der Waals surface area contributed by atoms with Gasteiger partial charge < -0.3 is 25.6 Å². The van der Waals surface area contributed by atoms with Gasteiger partial charge in [0, 0.05) is 35.8 Å². The van der Waals surface area contributed by atoms with Crippen LogP contribution in [0, 0.1) is 0 Å². The van der Waals surface area contributed by atoms with Crippen LogP contribution in [0.5, 0.6) is 0 Å². The van der Waals surface area contributed by atoms with Gasteiger partial charge in [-0.25, -0.2) is 5.84 Å². The van der Waals surface area contributed by atoms with Gasteiger partial charge in [-0.15, -0.1) is 11.3 Å². The van der Waals surface area contributed by atoms with E-state index >= 15 is 0 Å². The van der Waals surface area contributed by atoms with E-state index < -0.39 is 0 Å². The highest BCUT2D eigenvalue weighted by Crippen LogP contribution is 2.39. The number of anilines is 2. The molecule has 1 aliphatic rings. The fourth-order valence-electron chi connectivity index (χ4n) is 4.79. The lowest BCUT2D eigenvalue weighted by molar-refractivity contribution is -0.115. The fraction of sp³-hybridized carbons (Fsp3) is 0.355. The molecule has 0 bridgehead atoms. The maximum atomic E-state index is 12.4. The van der Waals surface area contributed by atoms with Gasteiger partial charge in [0.15, 0.2) is 0 Å². The summed E-state index contributed by atoms with van der Waals surface area (Å²) >= 11 is 1.81. The molecule has 214 valence electrons. The van der Waals surface area contributed by atoms with E-state index in [-0.39, 0.29) is 12.5 Å². The number of nitrogens with zero attached hydrogens (tertiary/aromatic N) is 2. The van der Waals surface area contributed by atoms with E-state index in [4.69, 9.17) is 10.6 Å². The van der Waals surface area contributed by atoms with Crippen LogP contribution in [-0.4, -0.2) is 57.9 Å². The average molecular weight is 563 g/mol. The summed E-state index contributed by atoms with van der Waals surface area (Å²) in [4.78, 5) is 24.2. The van der Waals surface area contributed by atoms with Crippen LogP contribution in [0.2, 0.25) is 0 Å². The molecule has 0 radical (unpaired) electrons. The number of amides is 1. The summed E-state index contributed by atoms with van der Waals surface area (Å²) in [6.45, 7) is 6.02. The van der Waals surface area contributed by atoms with Gasteiger partial charge in [-0.05, 0) is 93.2 Å². The third-order valence-electron chi connectivity index (χ3n) is 6.88. The highest BCUT2D eigenvalue weighted by molar-refractivity contribution is 7.10. The molecule has 9 heteroatoms. The van der Waals surface area contributed by atoms with Crippen molar-refractivity contribution in [2.24, 2.45) is 5.84 Å². The number of rotatable bonds is 14. The first-order chi connectivity index (χ1) is 19.5. The van der Waals surface area contributed by atoms with Crippen molar-refractivity contribution < 1.29 is 9.59 Å². The molecule has 40 heavy (non-hydrogen) atoms. The largest absolute Gasteiger partial charge is 0.325 e. The quantitative estimate of drug-likeness (QED) is 0.172. The van der Waals surface area contributed by atoms with Crippen LogP contribution in [0.1, 0.15) is 35.3 Å². The molecule has 8 nitrogen and oxygen atoms in total. The van der Waals surface area contributed by atoms with E-state index in [0.29, 0.717) is 6.54 Å². The molecule has 1 heterocycles. The number of carbonyl (C=O) groups is 2. The van der Waals surface area contributed by atoms with Gasteiger partial charge >= 0.3 is 0 Å². The van der Waals surface area contributed by atoms with Gasteiger partial charge in [-0.3, -0.25) is 9.80 Å². The summed E-state index contributed by atoms with van der Waals surface area (Å²) in [6.07, 6.45) is 4.27. The predicted molar refractivity (Wildman–Crippen MR) is 167 cm³/mol. The summed E-state index contributed by atoms with van der Waals surface area (Å²) in [5, 5.41) is 13.4. The minimum atomic E-state index is -0.0711. The van der Waals surface area contributed by atoms with E-state index in [0.717, 1.165) is 68.0 Å². The van der Waals surface area contributed by atoms with Gasteiger partial charge in [-0.1, -0.05) is 30.3 Å². The van der Waals surface area contributed by atoms with Crippen molar-refractivity contribution >= 4 is 41.1 Å². The number of nitrogens with one attached hydrogen (secondary N) is 3. The van der Waals surface area contributed by atoms with E-state index in [1.807, 2.05) is 84.8 Å².